The lowest BCUT2D eigenvalue weighted by atomic mass is 10.00. The highest BCUT2D eigenvalue weighted by atomic mass is 35.5. The smallest absolute Gasteiger partial charge is 0.264 e. The number of hydrogen-bond acceptors (Lipinski definition) is 6. The Kier molecular flexibility index (Phi) is 4.15. The number of nitrogens with zero attached hydrogens (tertiary/aromatic N) is 3. The molecule has 0 bridgehead atoms. The average Bonchev–Trinajstić information content (AvgIpc) is 3.22. The van der Waals surface area contributed by atoms with Crippen LogP contribution < -0.4 is 10.5 Å². The number of aromatic nitrogens is 2. The van der Waals surface area contributed by atoms with E-state index in [2.05, 4.69) is 9.97 Å². The number of rotatable bonds is 3. The van der Waals surface area contributed by atoms with Crippen molar-refractivity contribution >= 4 is 56.6 Å². The van der Waals surface area contributed by atoms with Crippen LogP contribution in [0.2, 0.25) is 10.0 Å². The molecule has 1 saturated carbocycles. The van der Waals surface area contributed by atoms with Crippen molar-refractivity contribution in [2.24, 2.45) is 0 Å². The maximum absolute atomic E-state index is 12.8. The lowest BCUT2D eigenvalue weighted by Gasteiger charge is -2.14. The number of carbonyl (C=O) groups is 1. The highest BCUT2D eigenvalue weighted by Crippen LogP contribution is 2.46. The molecule has 2 N–H and O–H groups in total. The molecule has 3 aromatic rings. The van der Waals surface area contributed by atoms with Gasteiger partial charge in [-0.2, -0.15) is 0 Å². The van der Waals surface area contributed by atoms with Crippen molar-refractivity contribution in [3.8, 4) is 17.0 Å². The van der Waals surface area contributed by atoms with E-state index < -0.39 is 0 Å². The molecule has 6 nitrogen and oxygen atoms in total. The summed E-state index contributed by atoms with van der Waals surface area (Å²) in [5.74, 6) is 0.759. The van der Waals surface area contributed by atoms with E-state index in [0.717, 1.165) is 29.4 Å². The quantitative estimate of drug-likeness (QED) is 0.659. The molecule has 144 valence electrons. The third kappa shape index (κ3) is 2.80. The van der Waals surface area contributed by atoms with Gasteiger partial charge in [-0.05, 0) is 25.0 Å². The number of amides is 1. The van der Waals surface area contributed by atoms with Gasteiger partial charge in [0.25, 0.3) is 5.91 Å². The molecule has 1 aromatic carbocycles. The summed E-state index contributed by atoms with van der Waals surface area (Å²) in [6, 6.07) is 3.83. The standard InChI is InChI=1S/C19H16Cl2N4O2S/c1-25(8-2-3-8)18(26)13-6-10-15(23-19(22)24-17(10)28-13)14-9-4-5-27-16(9)12(21)7-11(14)20/h6-8H,2-5H2,1H3,(H2,22,23,24). The third-order valence-electron chi connectivity index (χ3n) is 5.16. The molecule has 1 fully saturated rings. The van der Waals surface area contributed by atoms with Crippen LogP contribution in [0.4, 0.5) is 5.95 Å². The number of hydrogen-bond donors (Lipinski definition) is 1. The minimum absolute atomic E-state index is 0.00853. The predicted molar refractivity (Wildman–Crippen MR) is 112 cm³/mol. The molecular weight excluding hydrogens is 419 g/mol. The van der Waals surface area contributed by atoms with Gasteiger partial charge in [0.1, 0.15) is 10.6 Å². The van der Waals surface area contributed by atoms with E-state index in [1.807, 2.05) is 13.1 Å². The van der Waals surface area contributed by atoms with Gasteiger partial charge in [-0.1, -0.05) is 23.2 Å². The van der Waals surface area contributed by atoms with Crippen molar-refractivity contribution < 1.29 is 9.53 Å². The number of benzene rings is 1. The van der Waals surface area contributed by atoms with Gasteiger partial charge < -0.3 is 15.4 Å². The van der Waals surface area contributed by atoms with E-state index in [-0.39, 0.29) is 11.9 Å². The number of carbonyl (C=O) groups excluding carboxylic acids is 1. The average molecular weight is 435 g/mol. The van der Waals surface area contributed by atoms with Gasteiger partial charge in [-0.3, -0.25) is 4.79 Å². The molecule has 9 heteroatoms. The fourth-order valence-corrected chi connectivity index (χ4v) is 5.26. The van der Waals surface area contributed by atoms with Crippen LogP contribution in [0.25, 0.3) is 21.5 Å². The molecule has 2 aromatic heterocycles. The Labute approximate surface area is 175 Å². The van der Waals surface area contributed by atoms with Gasteiger partial charge in [0.05, 0.1) is 27.2 Å². The molecule has 0 saturated heterocycles. The second-order valence-corrected chi connectivity index (χ2v) is 8.87. The summed E-state index contributed by atoms with van der Waals surface area (Å²) in [6.07, 6.45) is 2.78. The Morgan fingerprint density at radius 1 is 1.29 bits per heavy atom. The van der Waals surface area contributed by atoms with Crippen molar-refractivity contribution in [2.45, 2.75) is 25.3 Å². The minimum atomic E-state index is -0.00853. The molecule has 1 aliphatic carbocycles. The zero-order valence-electron chi connectivity index (χ0n) is 15.0. The second kappa shape index (κ2) is 6.47. The summed E-state index contributed by atoms with van der Waals surface area (Å²) in [6.45, 7) is 0.533. The Bertz CT molecular complexity index is 1140. The third-order valence-corrected chi connectivity index (χ3v) is 6.75. The maximum Gasteiger partial charge on any atom is 0.264 e. The van der Waals surface area contributed by atoms with E-state index in [4.69, 9.17) is 33.7 Å². The van der Waals surface area contributed by atoms with Gasteiger partial charge in [0, 0.05) is 36.0 Å². The summed E-state index contributed by atoms with van der Waals surface area (Å²) < 4.78 is 5.67. The number of nitrogens with two attached hydrogens (primary N) is 1. The first-order valence-electron chi connectivity index (χ1n) is 8.92. The molecule has 28 heavy (non-hydrogen) atoms. The van der Waals surface area contributed by atoms with Crippen molar-refractivity contribution in [2.75, 3.05) is 19.4 Å². The fraction of sp³-hybridized carbons (Fsp3) is 0.316. The molecule has 5 rings (SSSR count). The van der Waals surface area contributed by atoms with Crippen molar-refractivity contribution in [1.29, 1.82) is 0 Å². The molecule has 0 atom stereocenters. The molecular formula is C19H16Cl2N4O2S. The zero-order chi connectivity index (χ0) is 19.6. The molecule has 0 spiro atoms. The first-order chi connectivity index (χ1) is 13.4. The lowest BCUT2D eigenvalue weighted by Crippen LogP contribution is -2.27. The summed E-state index contributed by atoms with van der Waals surface area (Å²) in [5, 5.41) is 1.71. The van der Waals surface area contributed by atoms with Crippen LogP contribution in [-0.4, -0.2) is 40.5 Å². The SMILES string of the molecule is CN(C(=O)c1cc2c(-c3c(Cl)cc(Cl)c4c3CCO4)nc(N)nc2s1)C1CC1. The molecule has 0 radical (unpaired) electrons. The van der Waals surface area contributed by atoms with E-state index >= 15 is 0 Å². The lowest BCUT2D eigenvalue weighted by molar-refractivity contribution is 0.0790. The van der Waals surface area contributed by atoms with Gasteiger partial charge in [-0.15, -0.1) is 11.3 Å². The number of halogens is 2. The van der Waals surface area contributed by atoms with Gasteiger partial charge in [0.15, 0.2) is 0 Å². The zero-order valence-corrected chi connectivity index (χ0v) is 17.3. The minimum Gasteiger partial charge on any atom is -0.491 e. The van der Waals surface area contributed by atoms with Crippen molar-refractivity contribution in [3.63, 3.8) is 0 Å². The van der Waals surface area contributed by atoms with Gasteiger partial charge >= 0.3 is 0 Å². The van der Waals surface area contributed by atoms with Crippen LogP contribution in [0, 0.1) is 0 Å². The molecule has 0 unspecified atom stereocenters. The van der Waals surface area contributed by atoms with E-state index in [0.29, 0.717) is 50.3 Å². The van der Waals surface area contributed by atoms with Crippen molar-refractivity contribution in [3.05, 3.63) is 32.6 Å². The van der Waals surface area contributed by atoms with Crippen LogP contribution in [0.3, 0.4) is 0 Å². The first-order valence-corrected chi connectivity index (χ1v) is 10.5. The fourth-order valence-electron chi connectivity index (χ4n) is 3.59. The normalized spacial score (nSPS) is 15.5. The highest BCUT2D eigenvalue weighted by Gasteiger charge is 2.32. The summed E-state index contributed by atoms with van der Waals surface area (Å²) >= 11 is 14.2. The van der Waals surface area contributed by atoms with Crippen molar-refractivity contribution in [1.82, 2.24) is 14.9 Å². The first kappa shape index (κ1) is 18.0. The Hall–Kier alpha value is -2.09. The summed E-state index contributed by atoms with van der Waals surface area (Å²) in [7, 11) is 1.84. The van der Waals surface area contributed by atoms with Crippen LogP contribution in [0.5, 0.6) is 5.75 Å². The topological polar surface area (TPSA) is 81.3 Å². The molecule has 3 heterocycles. The number of anilines is 1. The van der Waals surface area contributed by atoms with E-state index in [9.17, 15) is 4.79 Å². The summed E-state index contributed by atoms with van der Waals surface area (Å²) in [5.41, 5.74) is 8.24. The van der Waals surface area contributed by atoms with E-state index in [1.165, 1.54) is 11.3 Å². The van der Waals surface area contributed by atoms with Crippen LogP contribution in [0.15, 0.2) is 12.1 Å². The van der Waals surface area contributed by atoms with Crippen LogP contribution in [-0.2, 0) is 6.42 Å². The molecule has 2 aliphatic rings. The monoisotopic (exact) mass is 434 g/mol. The van der Waals surface area contributed by atoms with Gasteiger partial charge in [0.2, 0.25) is 5.95 Å². The summed E-state index contributed by atoms with van der Waals surface area (Å²) in [4.78, 5) is 24.7. The number of fused-ring (bicyclic) bond motifs is 2. The largest absolute Gasteiger partial charge is 0.491 e. The van der Waals surface area contributed by atoms with Crippen LogP contribution in [0.1, 0.15) is 28.1 Å². The molecule has 1 amide bonds. The predicted octanol–water partition coefficient (Wildman–Crippen LogP) is 4.42. The number of nitrogen functional groups attached to an aromatic ring is 1. The highest BCUT2D eigenvalue weighted by molar-refractivity contribution is 7.20. The Morgan fingerprint density at radius 3 is 2.82 bits per heavy atom. The Morgan fingerprint density at radius 2 is 2.07 bits per heavy atom. The number of ether oxygens (including phenoxy) is 1. The second-order valence-electron chi connectivity index (χ2n) is 7.03. The van der Waals surface area contributed by atoms with E-state index in [1.54, 1.807) is 11.0 Å². The molecule has 1 aliphatic heterocycles. The number of thiophene rings is 1. The maximum atomic E-state index is 12.8. The van der Waals surface area contributed by atoms with Gasteiger partial charge in [-0.25, -0.2) is 9.97 Å². The van der Waals surface area contributed by atoms with Crippen LogP contribution >= 0.6 is 34.5 Å². The Balaban J connectivity index is 1.71.